The lowest BCUT2D eigenvalue weighted by molar-refractivity contribution is 0.122. The van der Waals surface area contributed by atoms with Gasteiger partial charge in [0.2, 0.25) is 5.95 Å². The molecule has 0 aromatic carbocycles. The Morgan fingerprint density at radius 2 is 1.88 bits per heavy atom. The number of hydrogen-bond donors (Lipinski definition) is 0. The molecule has 1 aliphatic carbocycles. The van der Waals surface area contributed by atoms with Gasteiger partial charge in [0, 0.05) is 54.6 Å². The Balaban J connectivity index is 1.52. The molecule has 0 amide bonds. The first kappa shape index (κ1) is 14.8. The number of fused-ring (bicyclic) bond motifs is 3. The molecular formula is C18H18FN5O. The molecule has 0 spiro atoms. The lowest BCUT2D eigenvalue weighted by Gasteiger charge is -2.26. The molecule has 0 bridgehead atoms. The van der Waals surface area contributed by atoms with Gasteiger partial charge in [-0.25, -0.2) is 19.3 Å². The van der Waals surface area contributed by atoms with Gasteiger partial charge in [-0.3, -0.25) is 0 Å². The molecule has 1 saturated heterocycles. The van der Waals surface area contributed by atoms with Gasteiger partial charge in [-0.15, -0.1) is 0 Å². The van der Waals surface area contributed by atoms with Crippen LogP contribution in [0.25, 0.3) is 16.8 Å². The van der Waals surface area contributed by atoms with E-state index in [1.807, 2.05) is 10.6 Å². The highest BCUT2D eigenvalue weighted by atomic mass is 19.1. The van der Waals surface area contributed by atoms with Crippen molar-refractivity contribution < 1.29 is 9.13 Å². The number of nitrogens with zero attached hydrogens (tertiary/aromatic N) is 5. The fourth-order valence-corrected chi connectivity index (χ4v) is 3.65. The predicted molar refractivity (Wildman–Crippen MR) is 91.2 cm³/mol. The molecule has 7 heteroatoms. The van der Waals surface area contributed by atoms with Crippen molar-refractivity contribution in [3.05, 3.63) is 41.9 Å². The largest absolute Gasteiger partial charge is 0.378 e. The van der Waals surface area contributed by atoms with Gasteiger partial charge in [0.15, 0.2) is 0 Å². The third-order valence-corrected chi connectivity index (χ3v) is 4.96. The minimum absolute atomic E-state index is 0.293. The monoisotopic (exact) mass is 339 g/mol. The highest BCUT2D eigenvalue weighted by Crippen LogP contribution is 2.28. The van der Waals surface area contributed by atoms with E-state index < -0.39 is 0 Å². The summed E-state index contributed by atoms with van der Waals surface area (Å²) in [5, 5.41) is 0. The van der Waals surface area contributed by atoms with E-state index >= 15 is 0 Å². The van der Waals surface area contributed by atoms with Crippen LogP contribution < -0.4 is 4.90 Å². The van der Waals surface area contributed by atoms with Crippen LogP contribution in [0.3, 0.4) is 0 Å². The number of halogens is 1. The lowest BCUT2D eigenvalue weighted by Crippen LogP contribution is -2.37. The summed E-state index contributed by atoms with van der Waals surface area (Å²) in [5.74, 6) is 0.371. The summed E-state index contributed by atoms with van der Waals surface area (Å²) in [6.07, 6.45) is 8.30. The third-order valence-electron chi connectivity index (χ3n) is 4.96. The van der Waals surface area contributed by atoms with Crippen molar-refractivity contribution in [1.82, 2.24) is 19.4 Å². The Morgan fingerprint density at radius 1 is 1.08 bits per heavy atom. The number of imidazole rings is 1. The summed E-state index contributed by atoms with van der Waals surface area (Å²) in [5.41, 5.74) is 4.15. The van der Waals surface area contributed by atoms with Crippen molar-refractivity contribution in [2.24, 2.45) is 0 Å². The Kier molecular flexibility index (Phi) is 3.41. The van der Waals surface area contributed by atoms with Gasteiger partial charge >= 0.3 is 0 Å². The Hall–Kier alpha value is -2.54. The van der Waals surface area contributed by atoms with E-state index in [2.05, 4.69) is 19.9 Å². The molecule has 2 aliphatic rings. The zero-order valence-electron chi connectivity index (χ0n) is 13.8. The van der Waals surface area contributed by atoms with Crippen molar-refractivity contribution in [3.8, 4) is 11.1 Å². The van der Waals surface area contributed by atoms with Gasteiger partial charge in [0.1, 0.15) is 11.5 Å². The number of morpholine rings is 1. The summed E-state index contributed by atoms with van der Waals surface area (Å²) < 4.78 is 21.9. The van der Waals surface area contributed by atoms with Crippen LogP contribution in [0.5, 0.6) is 0 Å². The number of rotatable bonds is 2. The molecule has 4 heterocycles. The molecule has 0 unspecified atom stereocenters. The van der Waals surface area contributed by atoms with Crippen LogP contribution in [-0.4, -0.2) is 45.7 Å². The molecule has 3 aromatic heterocycles. The quantitative estimate of drug-likeness (QED) is 0.717. The van der Waals surface area contributed by atoms with Gasteiger partial charge < -0.3 is 14.0 Å². The molecule has 3 aromatic rings. The van der Waals surface area contributed by atoms with E-state index in [-0.39, 0.29) is 5.82 Å². The second kappa shape index (κ2) is 5.77. The fourth-order valence-electron chi connectivity index (χ4n) is 3.65. The van der Waals surface area contributed by atoms with Crippen LogP contribution in [0.15, 0.2) is 24.7 Å². The van der Waals surface area contributed by atoms with Crippen LogP contribution in [0.2, 0.25) is 0 Å². The van der Waals surface area contributed by atoms with E-state index in [1.165, 1.54) is 11.8 Å². The summed E-state index contributed by atoms with van der Waals surface area (Å²) in [6.45, 7) is 2.92. The van der Waals surface area contributed by atoms with Crippen LogP contribution in [0.1, 0.15) is 17.8 Å². The normalized spacial score (nSPS) is 17.2. The van der Waals surface area contributed by atoms with E-state index in [1.54, 1.807) is 12.4 Å². The van der Waals surface area contributed by atoms with Crippen molar-refractivity contribution in [3.63, 3.8) is 0 Å². The van der Waals surface area contributed by atoms with Crippen LogP contribution in [0.4, 0.5) is 10.3 Å². The highest BCUT2D eigenvalue weighted by Gasteiger charge is 2.20. The molecule has 128 valence electrons. The first-order valence-electron chi connectivity index (χ1n) is 8.64. The van der Waals surface area contributed by atoms with Crippen LogP contribution in [-0.2, 0) is 17.6 Å². The van der Waals surface area contributed by atoms with Crippen molar-refractivity contribution in [2.45, 2.75) is 19.3 Å². The molecule has 1 fully saturated rings. The summed E-state index contributed by atoms with van der Waals surface area (Å²) >= 11 is 0. The smallest absolute Gasteiger partial charge is 0.225 e. The number of aryl methyl sites for hydroxylation is 2. The molecule has 25 heavy (non-hydrogen) atoms. The summed E-state index contributed by atoms with van der Waals surface area (Å²) in [4.78, 5) is 15.5. The van der Waals surface area contributed by atoms with E-state index in [0.29, 0.717) is 35.9 Å². The minimum Gasteiger partial charge on any atom is -0.378 e. The van der Waals surface area contributed by atoms with Crippen molar-refractivity contribution in [1.29, 1.82) is 0 Å². The SMILES string of the molecule is Fc1cc2nc3c(n2cc1-c1cnc(N2CCOCC2)nc1)CCC3. The average Bonchev–Trinajstić information content (AvgIpc) is 3.23. The molecule has 0 radical (unpaired) electrons. The topological polar surface area (TPSA) is 55.5 Å². The van der Waals surface area contributed by atoms with E-state index in [4.69, 9.17) is 4.74 Å². The maximum atomic E-state index is 14.6. The molecule has 1 aliphatic heterocycles. The highest BCUT2D eigenvalue weighted by molar-refractivity contribution is 5.65. The Bertz CT molecular complexity index is 931. The van der Waals surface area contributed by atoms with Crippen LogP contribution >= 0.6 is 0 Å². The average molecular weight is 339 g/mol. The van der Waals surface area contributed by atoms with Crippen LogP contribution in [0, 0.1) is 5.82 Å². The number of aromatic nitrogens is 4. The first-order chi connectivity index (χ1) is 12.3. The molecule has 0 saturated carbocycles. The molecule has 6 nitrogen and oxygen atoms in total. The molecule has 0 N–H and O–H groups in total. The first-order valence-corrected chi connectivity index (χ1v) is 8.64. The number of anilines is 1. The maximum Gasteiger partial charge on any atom is 0.225 e. The summed E-state index contributed by atoms with van der Waals surface area (Å²) in [6, 6.07) is 1.50. The standard InChI is InChI=1S/C18H18FN5O/c19-14-8-17-22-15-2-1-3-16(15)24(17)11-13(14)12-9-20-18(21-10-12)23-4-6-25-7-5-23/h8-11H,1-7H2. The van der Waals surface area contributed by atoms with Gasteiger partial charge in [0.05, 0.1) is 18.9 Å². The van der Waals surface area contributed by atoms with Gasteiger partial charge in [-0.1, -0.05) is 0 Å². The van der Waals surface area contributed by atoms with Gasteiger partial charge in [-0.2, -0.15) is 0 Å². The zero-order valence-corrected chi connectivity index (χ0v) is 13.8. The molecule has 5 rings (SSSR count). The second-order valence-corrected chi connectivity index (χ2v) is 6.49. The number of hydrogen-bond acceptors (Lipinski definition) is 5. The fraction of sp³-hybridized carbons (Fsp3) is 0.389. The third kappa shape index (κ3) is 2.46. The number of pyridine rings is 1. The molecular weight excluding hydrogens is 321 g/mol. The number of ether oxygens (including phenoxy) is 1. The van der Waals surface area contributed by atoms with E-state index in [9.17, 15) is 4.39 Å². The maximum absolute atomic E-state index is 14.6. The zero-order chi connectivity index (χ0) is 16.8. The Labute approximate surface area is 144 Å². The van der Waals surface area contributed by atoms with Crippen molar-refractivity contribution in [2.75, 3.05) is 31.2 Å². The van der Waals surface area contributed by atoms with E-state index in [0.717, 1.165) is 38.0 Å². The Morgan fingerprint density at radius 3 is 2.68 bits per heavy atom. The van der Waals surface area contributed by atoms with Gasteiger partial charge in [0.25, 0.3) is 0 Å². The molecule has 0 atom stereocenters. The van der Waals surface area contributed by atoms with Crippen molar-refractivity contribution >= 4 is 11.6 Å². The minimum atomic E-state index is -0.293. The predicted octanol–water partition coefficient (Wildman–Crippen LogP) is 2.26. The lowest BCUT2D eigenvalue weighted by atomic mass is 10.1. The second-order valence-electron chi connectivity index (χ2n) is 6.49. The van der Waals surface area contributed by atoms with Gasteiger partial charge in [-0.05, 0) is 19.3 Å². The summed E-state index contributed by atoms with van der Waals surface area (Å²) in [7, 11) is 0.